The molecular formula is C16H14N2O. The third-order valence-corrected chi connectivity index (χ3v) is 3.65. The molecule has 3 nitrogen and oxygen atoms in total. The fourth-order valence-electron chi connectivity index (χ4n) is 2.37. The number of nitrogens with two attached hydrogens (primary N) is 1. The highest BCUT2D eigenvalue weighted by Crippen LogP contribution is 2.40. The van der Waals surface area contributed by atoms with Gasteiger partial charge in [0.2, 0.25) is 0 Å². The monoisotopic (exact) mass is 250 g/mol. The van der Waals surface area contributed by atoms with Crippen LogP contribution in [0, 0.1) is 11.3 Å². The van der Waals surface area contributed by atoms with Gasteiger partial charge in [0, 0.05) is 17.5 Å². The fourth-order valence-corrected chi connectivity index (χ4v) is 2.37. The molecule has 1 fully saturated rings. The number of phenolic OH excluding ortho intramolecular Hbond substituents is 1. The van der Waals surface area contributed by atoms with Crippen molar-refractivity contribution in [2.45, 2.75) is 18.4 Å². The maximum atomic E-state index is 10.0. The molecule has 0 saturated heterocycles. The Morgan fingerprint density at radius 2 is 1.84 bits per heavy atom. The second-order valence-electron chi connectivity index (χ2n) is 4.94. The van der Waals surface area contributed by atoms with Crippen LogP contribution < -0.4 is 5.73 Å². The number of hydrogen-bond acceptors (Lipinski definition) is 3. The van der Waals surface area contributed by atoms with Crippen LogP contribution in [0.2, 0.25) is 0 Å². The quantitative estimate of drug-likeness (QED) is 0.861. The summed E-state index contributed by atoms with van der Waals surface area (Å²) in [4.78, 5) is 0. The number of para-hydroxylation sites is 1. The number of hydrogen-bond donors (Lipinski definition) is 2. The second-order valence-corrected chi connectivity index (χ2v) is 4.94. The number of nitrogens with zero attached hydrogens (tertiary/aromatic N) is 1. The molecule has 0 aromatic heterocycles. The van der Waals surface area contributed by atoms with E-state index < -0.39 is 0 Å². The molecule has 0 aliphatic heterocycles. The van der Waals surface area contributed by atoms with Gasteiger partial charge in [-0.15, -0.1) is 0 Å². The molecule has 19 heavy (non-hydrogen) atoms. The Labute approximate surface area is 111 Å². The Morgan fingerprint density at radius 3 is 2.42 bits per heavy atom. The number of aromatic hydroxyl groups is 1. The average Bonchev–Trinajstić information content (AvgIpc) is 3.16. The van der Waals surface area contributed by atoms with Crippen LogP contribution in [0.15, 0.2) is 42.5 Å². The van der Waals surface area contributed by atoms with E-state index in [2.05, 4.69) is 0 Å². The van der Waals surface area contributed by atoms with Crippen molar-refractivity contribution < 1.29 is 5.11 Å². The van der Waals surface area contributed by atoms with E-state index in [4.69, 9.17) is 11.0 Å². The lowest BCUT2D eigenvalue weighted by molar-refractivity contribution is 0.475. The molecule has 0 spiro atoms. The molecule has 1 aliphatic carbocycles. The van der Waals surface area contributed by atoms with Crippen LogP contribution in [-0.2, 0) is 0 Å². The lowest BCUT2D eigenvalue weighted by Gasteiger charge is -2.07. The summed E-state index contributed by atoms with van der Waals surface area (Å²) in [5, 5.41) is 19.0. The van der Waals surface area contributed by atoms with Crippen LogP contribution in [0.25, 0.3) is 11.1 Å². The molecule has 3 heteroatoms. The van der Waals surface area contributed by atoms with Crippen LogP contribution in [0.3, 0.4) is 0 Å². The van der Waals surface area contributed by atoms with E-state index in [1.807, 2.05) is 36.4 Å². The molecule has 3 N–H and O–H groups in total. The minimum Gasteiger partial charge on any atom is -0.506 e. The average molecular weight is 250 g/mol. The fraction of sp³-hybridized carbons (Fsp3) is 0.188. The summed E-state index contributed by atoms with van der Waals surface area (Å²) in [7, 11) is 0. The zero-order chi connectivity index (χ0) is 13.4. The Kier molecular flexibility index (Phi) is 2.73. The highest BCUT2D eigenvalue weighted by Gasteiger charge is 2.34. The van der Waals surface area contributed by atoms with Crippen molar-refractivity contribution in [3.63, 3.8) is 0 Å². The van der Waals surface area contributed by atoms with Crippen LogP contribution >= 0.6 is 0 Å². The number of phenols is 1. The van der Waals surface area contributed by atoms with Crippen molar-refractivity contribution in [1.29, 1.82) is 5.26 Å². The van der Waals surface area contributed by atoms with Gasteiger partial charge in [-0.25, -0.2) is 0 Å². The van der Waals surface area contributed by atoms with Gasteiger partial charge in [-0.3, -0.25) is 0 Å². The van der Waals surface area contributed by atoms with E-state index in [1.54, 1.807) is 12.1 Å². The van der Waals surface area contributed by atoms with Crippen molar-refractivity contribution in [2.24, 2.45) is 5.73 Å². The highest BCUT2D eigenvalue weighted by molar-refractivity contribution is 5.73. The van der Waals surface area contributed by atoms with Gasteiger partial charge in [-0.1, -0.05) is 36.4 Å². The van der Waals surface area contributed by atoms with Crippen LogP contribution in [-0.4, -0.2) is 11.1 Å². The topological polar surface area (TPSA) is 70.0 Å². The van der Waals surface area contributed by atoms with E-state index >= 15 is 0 Å². The normalized spacial score (nSPS) is 20.8. The molecule has 2 aromatic rings. The van der Waals surface area contributed by atoms with Gasteiger partial charge in [0.15, 0.2) is 0 Å². The number of rotatable bonds is 2. The molecule has 0 amide bonds. The summed E-state index contributed by atoms with van der Waals surface area (Å²) in [6, 6.07) is 15.5. The molecule has 3 rings (SSSR count). The van der Waals surface area contributed by atoms with Crippen molar-refractivity contribution in [1.82, 2.24) is 0 Å². The summed E-state index contributed by atoms with van der Waals surface area (Å²) >= 11 is 0. The zero-order valence-corrected chi connectivity index (χ0v) is 10.4. The van der Waals surface area contributed by atoms with Crippen molar-refractivity contribution in [3.05, 3.63) is 53.6 Å². The van der Waals surface area contributed by atoms with Crippen molar-refractivity contribution in [2.75, 3.05) is 0 Å². The smallest absolute Gasteiger partial charge is 0.141 e. The SMILES string of the molecule is N#Cc1cccc(-c2ccc(C3CC3N)cc2)c1O. The van der Waals surface area contributed by atoms with Gasteiger partial charge >= 0.3 is 0 Å². The molecule has 94 valence electrons. The third-order valence-electron chi connectivity index (χ3n) is 3.65. The van der Waals surface area contributed by atoms with E-state index in [-0.39, 0.29) is 5.75 Å². The second kappa shape index (κ2) is 4.42. The molecular weight excluding hydrogens is 236 g/mol. The van der Waals surface area contributed by atoms with Gasteiger partial charge in [0.1, 0.15) is 11.8 Å². The largest absolute Gasteiger partial charge is 0.506 e. The minimum atomic E-state index is 0.0425. The summed E-state index contributed by atoms with van der Waals surface area (Å²) < 4.78 is 0. The minimum absolute atomic E-state index is 0.0425. The predicted molar refractivity (Wildman–Crippen MR) is 73.6 cm³/mol. The molecule has 0 heterocycles. The first-order chi connectivity index (χ1) is 9.20. The summed E-state index contributed by atoms with van der Waals surface area (Å²) in [5.74, 6) is 0.522. The van der Waals surface area contributed by atoms with Crippen molar-refractivity contribution >= 4 is 0 Å². The first-order valence-corrected chi connectivity index (χ1v) is 6.28. The van der Waals surface area contributed by atoms with E-state index in [9.17, 15) is 5.11 Å². The first-order valence-electron chi connectivity index (χ1n) is 6.28. The summed E-state index contributed by atoms with van der Waals surface area (Å²) in [5.41, 5.74) is 8.97. The standard InChI is InChI=1S/C16H14N2O/c17-9-12-2-1-3-13(16(12)19)10-4-6-11(7-5-10)14-8-15(14)18/h1-7,14-15,19H,8,18H2. The Balaban J connectivity index is 1.97. The maximum absolute atomic E-state index is 10.0. The van der Waals surface area contributed by atoms with E-state index in [0.717, 1.165) is 12.0 Å². The van der Waals surface area contributed by atoms with Gasteiger partial charge in [0.25, 0.3) is 0 Å². The number of nitriles is 1. The van der Waals surface area contributed by atoms with Gasteiger partial charge in [-0.05, 0) is 23.6 Å². The maximum Gasteiger partial charge on any atom is 0.141 e. The molecule has 2 unspecified atom stereocenters. The summed E-state index contributed by atoms with van der Waals surface area (Å²) in [6.45, 7) is 0. The van der Waals surface area contributed by atoms with Crippen LogP contribution in [0.1, 0.15) is 23.5 Å². The predicted octanol–water partition coefficient (Wildman–Crippen LogP) is 2.75. The Hall–Kier alpha value is -2.31. The lowest BCUT2D eigenvalue weighted by atomic mass is 9.99. The van der Waals surface area contributed by atoms with Gasteiger partial charge in [-0.2, -0.15) is 5.26 Å². The van der Waals surface area contributed by atoms with E-state index in [1.165, 1.54) is 5.56 Å². The molecule has 0 radical (unpaired) electrons. The Morgan fingerprint density at radius 1 is 1.16 bits per heavy atom. The first kappa shape index (κ1) is 11.8. The van der Waals surface area contributed by atoms with Gasteiger partial charge in [0.05, 0.1) is 5.56 Å². The Bertz CT molecular complexity index is 655. The number of benzene rings is 2. The van der Waals surface area contributed by atoms with E-state index in [0.29, 0.717) is 23.1 Å². The van der Waals surface area contributed by atoms with Gasteiger partial charge < -0.3 is 10.8 Å². The lowest BCUT2D eigenvalue weighted by Crippen LogP contribution is -2.00. The molecule has 2 aromatic carbocycles. The highest BCUT2D eigenvalue weighted by atomic mass is 16.3. The van der Waals surface area contributed by atoms with Crippen molar-refractivity contribution in [3.8, 4) is 22.9 Å². The van der Waals surface area contributed by atoms with Crippen LogP contribution in [0.4, 0.5) is 0 Å². The summed E-state index contributed by atoms with van der Waals surface area (Å²) in [6.07, 6.45) is 1.05. The molecule has 1 aliphatic rings. The molecule has 1 saturated carbocycles. The molecule has 0 bridgehead atoms. The third kappa shape index (κ3) is 2.07. The molecule has 2 atom stereocenters. The van der Waals surface area contributed by atoms with Crippen LogP contribution in [0.5, 0.6) is 5.75 Å². The zero-order valence-electron chi connectivity index (χ0n) is 10.4.